The van der Waals surface area contributed by atoms with Crippen molar-refractivity contribution in [1.82, 2.24) is 9.97 Å². The number of thiazole rings is 1. The molecular formula is C22H21FN4OS. The summed E-state index contributed by atoms with van der Waals surface area (Å²) >= 11 is 1.58. The molecule has 0 aliphatic rings. The number of nitrogens with zero attached hydrogens (tertiary/aromatic N) is 2. The van der Waals surface area contributed by atoms with Crippen molar-refractivity contribution in [3.63, 3.8) is 0 Å². The number of hydrogen-bond acceptors (Lipinski definition) is 6. The topological polar surface area (TPSA) is 73.1 Å². The number of aromatic nitrogens is 2. The van der Waals surface area contributed by atoms with E-state index in [4.69, 9.17) is 10.5 Å². The van der Waals surface area contributed by atoms with Gasteiger partial charge in [0.1, 0.15) is 0 Å². The van der Waals surface area contributed by atoms with Gasteiger partial charge in [0.25, 0.3) is 0 Å². The van der Waals surface area contributed by atoms with E-state index >= 15 is 0 Å². The van der Waals surface area contributed by atoms with Crippen molar-refractivity contribution < 1.29 is 9.13 Å². The number of halogens is 1. The van der Waals surface area contributed by atoms with Crippen LogP contribution in [-0.4, -0.2) is 29.7 Å². The number of fused-ring (bicyclic) bond motifs is 1. The molecule has 0 saturated heterocycles. The van der Waals surface area contributed by atoms with Crippen molar-refractivity contribution in [2.24, 2.45) is 5.73 Å². The molecule has 4 rings (SSSR count). The number of nitrogens with one attached hydrogen (secondary N) is 1. The molecule has 0 fully saturated rings. The zero-order valence-corrected chi connectivity index (χ0v) is 16.7. The van der Waals surface area contributed by atoms with Gasteiger partial charge in [0.05, 0.1) is 12.0 Å². The highest BCUT2D eigenvalue weighted by Crippen LogP contribution is 2.31. The number of methoxy groups -OCH3 is 1. The van der Waals surface area contributed by atoms with E-state index in [9.17, 15) is 4.39 Å². The monoisotopic (exact) mass is 408 g/mol. The molecule has 148 valence electrons. The van der Waals surface area contributed by atoms with Crippen molar-refractivity contribution in [2.75, 3.05) is 19.0 Å². The lowest BCUT2D eigenvalue weighted by Crippen LogP contribution is -2.31. The normalized spacial score (nSPS) is 12.1. The molecule has 29 heavy (non-hydrogen) atoms. The number of pyridine rings is 1. The summed E-state index contributed by atoms with van der Waals surface area (Å²) in [4.78, 5) is 9.68. The van der Waals surface area contributed by atoms with Crippen LogP contribution in [0.25, 0.3) is 21.2 Å². The fourth-order valence-electron chi connectivity index (χ4n) is 3.16. The molecule has 0 aliphatic carbocycles. The van der Waals surface area contributed by atoms with Crippen LogP contribution in [0.2, 0.25) is 0 Å². The van der Waals surface area contributed by atoms with Crippen molar-refractivity contribution in [3.05, 3.63) is 72.4 Å². The van der Waals surface area contributed by atoms with Gasteiger partial charge in [-0.25, -0.2) is 9.37 Å². The van der Waals surface area contributed by atoms with Gasteiger partial charge < -0.3 is 15.8 Å². The molecule has 3 N–H and O–H groups in total. The Labute approximate surface area is 172 Å². The minimum Gasteiger partial charge on any atom is -0.494 e. The SMILES string of the molecule is COc1ccc(CC(N)CNc2ncc(-c3ccc4cnccc4c3)s2)cc1F. The van der Waals surface area contributed by atoms with Gasteiger partial charge in [-0.1, -0.05) is 29.5 Å². The zero-order chi connectivity index (χ0) is 20.2. The first-order chi connectivity index (χ1) is 14.1. The third-order valence-electron chi connectivity index (χ3n) is 4.66. The molecule has 0 amide bonds. The molecule has 1 atom stereocenters. The summed E-state index contributed by atoms with van der Waals surface area (Å²) in [6.45, 7) is 0.546. The van der Waals surface area contributed by atoms with Crippen LogP contribution in [0, 0.1) is 5.82 Å². The lowest BCUT2D eigenvalue weighted by molar-refractivity contribution is 0.386. The Hall–Kier alpha value is -3.03. The summed E-state index contributed by atoms with van der Waals surface area (Å²) in [6.07, 6.45) is 6.07. The molecule has 0 radical (unpaired) electrons. The van der Waals surface area contributed by atoms with Gasteiger partial charge in [-0.15, -0.1) is 0 Å². The summed E-state index contributed by atoms with van der Waals surface area (Å²) in [5.74, 6) is -0.137. The number of anilines is 1. The third-order valence-corrected chi connectivity index (χ3v) is 5.66. The molecule has 2 heterocycles. The molecular weight excluding hydrogens is 387 g/mol. The van der Waals surface area contributed by atoms with E-state index < -0.39 is 0 Å². The Morgan fingerprint density at radius 3 is 2.86 bits per heavy atom. The second-order valence-corrected chi connectivity index (χ2v) is 7.81. The first-order valence-electron chi connectivity index (χ1n) is 9.24. The Kier molecular flexibility index (Phi) is 5.69. The molecule has 0 spiro atoms. The van der Waals surface area contributed by atoms with E-state index in [0.29, 0.717) is 13.0 Å². The van der Waals surface area contributed by atoms with Crippen LogP contribution in [0.15, 0.2) is 61.1 Å². The highest BCUT2D eigenvalue weighted by atomic mass is 32.1. The summed E-state index contributed by atoms with van der Waals surface area (Å²) in [7, 11) is 1.45. The first-order valence-corrected chi connectivity index (χ1v) is 10.1. The fraction of sp³-hybridized carbons (Fsp3) is 0.182. The predicted octanol–water partition coefficient (Wildman–Crippen LogP) is 4.49. The number of rotatable bonds is 7. The van der Waals surface area contributed by atoms with E-state index in [1.54, 1.807) is 23.6 Å². The van der Waals surface area contributed by atoms with Crippen molar-refractivity contribution in [3.8, 4) is 16.2 Å². The smallest absolute Gasteiger partial charge is 0.183 e. The summed E-state index contributed by atoms with van der Waals surface area (Å²) in [6, 6.07) is 13.0. The lowest BCUT2D eigenvalue weighted by Gasteiger charge is -2.13. The van der Waals surface area contributed by atoms with E-state index in [2.05, 4.69) is 33.5 Å². The second-order valence-electron chi connectivity index (χ2n) is 6.78. The summed E-state index contributed by atoms with van der Waals surface area (Å²) < 4.78 is 18.8. The van der Waals surface area contributed by atoms with E-state index in [-0.39, 0.29) is 17.6 Å². The standard InChI is InChI=1S/C22H21FN4OS/c1-28-20-5-2-14(9-19(20)23)8-18(24)12-26-22-27-13-21(29-22)16-3-4-17-11-25-7-6-15(17)10-16/h2-7,9-11,13,18H,8,12,24H2,1H3,(H,26,27). The van der Waals surface area contributed by atoms with Gasteiger partial charge in [0.15, 0.2) is 16.7 Å². The van der Waals surface area contributed by atoms with Crippen molar-refractivity contribution in [1.29, 1.82) is 0 Å². The van der Waals surface area contributed by atoms with Crippen molar-refractivity contribution >= 4 is 27.2 Å². The quantitative estimate of drug-likeness (QED) is 0.471. The Morgan fingerprint density at radius 1 is 1.14 bits per heavy atom. The number of ether oxygens (including phenoxy) is 1. The molecule has 0 bridgehead atoms. The highest BCUT2D eigenvalue weighted by molar-refractivity contribution is 7.18. The fourth-order valence-corrected chi connectivity index (χ4v) is 3.98. The lowest BCUT2D eigenvalue weighted by atomic mass is 10.1. The molecule has 2 aromatic carbocycles. The van der Waals surface area contributed by atoms with Crippen LogP contribution in [0.4, 0.5) is 9.52 Å². The third kappa shape index (κ3) is 4.52. The van der Waals surface area contributed by atoms with Crippen LogP contribution in [-0.2, 0) is 6.42 Å². The highest BCUT2D eigenvalue weighted by Gasteiger charge is 2.10. The van der Waals surface area contributed by atoms with Crippen LogP contribution in [0.3, 0.4) is 0 Å². The summed E-state index contributed by atoms with van der Waals surface area (Å²) in [5, 5.41) is 6.35. The first kappa shape index (κ1) is 19.3. The number of benzene rings is 2. The van der Waals surface area contributed by atoms with Crippen LogP contribution >= 0.6 is 11.3 Å². The van der Waals surface area contributed by atoms with Gasteiger partial charge in [0, 0.05) is 36.6 Å². The Morgan fingerprint density at radius 2 is 2.03 bits per heavy atom. The van der Waals surface area contributed by atoms with Gasteiger partial charge in [-0.05, 0) is 47.2 Å². The average Bonchev–Trinajstić information content (AvgIpc) is 3.21. The predicted molar refractivity (Wildman–Crippen MR) is 116 cm³/mol. The van der Waals surface area contributed by atoms with Gasteiger partial charge in [-0.2, -0.15) is 0 Å². The number of nitrogens with two attached hydrogens (primary N) is 1. The average molecular weight is 409 g/mol. The Balaban J connectivity index is 1.38. The molecule has 4 aromatic rings. The minimum absolute atomic E-state index is 0.164. The molecule has 7 heteroatoms. The maximum absolute atomic E-state index is 13.8. The van der Waals surface area contributed by atoms with Gasteiger partial charge >= 0.3 is 0 Å². The molecule has 0 aliphatic heterocycles. The largest absolute Gasteiger partial charge is 0.494 e. The van der Waals surface area contributed by atoms with Crippen LogP contribution in [0.5, 0.6) is 5.75 Å². The number of hydrogen-bond donors (Lipinski definition) is 2. The van der Waals surface area contributed by atoms with Crippen LogP contribution < -0.4 is 15.8 Å². The molecule has 5 nitrogen and oxygen atoms in total. The van der Waals surface area contributed by atoms with Crippen molar-refractivity contribution in [2.45, 2.75) is 12.5 Å². The zero-order valence-electron chi connectivity index (χ0n) is 15.9. The molecule has 0 saturated carbocycles. The van der Waals surface area contributed by atoms with Crippen LogP contribution in [0.1, 0.15) is 5.56 Å². The Bertz CT molecular complexity index is 1130. The second kappa shape index (κ2) is 8.55. The van der Waals surface area contributed by atoms with E-state index in [1.807, 2.05) is 24.5 Å². The molecule has 1 unspecified atom stereocenters. The minimum atomic E-state index is -0.374. The van der Waals surface area contributed by atoms with Gasteiger partial charge in [-0.3, -0.25) is 4.98 Å². The molecule has 2 aromatic heterocycles. The maximum atomic E-state index is 13.8. The van der Waals surface area contributed by atoms with E-state index in [0.717, 1.165) is 31.9 Å². The summed E-state index contributed by atoms with van der Waals surface area (Å²) in [5.41, 5.74) is 8.16. The maximum Gasteiger partial charge on any atom is 0.183 e. The van der Waals surface area contributed by atoms with E-state index in [1.165, 1.54) is 13.2 Å². The van der Waals surface area contributed by atoms with Gasteiger partial charge in [0.2, 0.25) is 0 Å².